The monoisotopic (exact) mass is 263 g/mol. The van der Waals surface area contributed by atoms with Crippen molar-refractivity contribution in [2.75, 3.05) is 6.61 Å². The molecule has 2 aliphatic rings. The molecule has 19 heavy (non-hydrogen) atoms. The maximum absolute atomic E-state index is 9.36. The van der Waals surface area contributed by atoms with Crippen LogP contribution in [0, 0.1) is 23.2 Å². The van der Waals surface area contributed by atoms with Crippen LogP contribution in [0.2, 0.25) is 0 Å². The number of hydrogen-bond donors (Lipinski definition) is 1. The molecule has 0 saturated heterocycles. The zero-order valence-corrected chi connectivity index (χ0v) is 12.3. The van der Waals surface area contributed by atoms with Crippen molar-refractivity contribution in [3.63, 3.8) is 0 Å². The van der Waals surface area contributed by atoms with Gasteiger partial charge in [0.25, 0.3) is 0 Å². The van der Waals surface area contributed by atoms with Crippen molar-refractivity contribution in [1.29, 1.82) is 0 Å². The highest BCUT2D eigenvalue weighted by molar-refractivity contribution is 5.15. The van der Waals surface area contributed by atoms with E-state index in [-0.39, 0.29) is 5.41 Å². The first-order valence-corrected chi connectivity index (χ1v) is 7.52. The molecule has 1 saturated carbocycles. The highest BCUT2D eigenvalue weighted by atomic mass is 16.3. The molecule has 1 aromatic heterocycles. The fraction of sp³-hybridized carbons (Fsp3) is 0.867. The first-order valence-electron chi connectivity index (χ1n) is 7.52. The Balaban J connectivity index is 1.77. The molecule has 3 rings (SSSR count). The van der Waals surface area contributed by atoms with Gasteiger partial charge in [-0.15, -0.1) is 5.10 Å². The van der Waals surface area contributed by atoms with Crippen LogP contribution in [0.15, 0.2) is 0 Å². The predicted octanol–water partition coefficient (Wildman–Crippen LogP) is 2.06. The maximum Gasteiger partial charge on any atom is 0.0859 e. The van der Waals surface area contributed by atoms with E-state index in [2.05, 4.69) is 35.8 Å². The minimum absolute atomic E-state index is 0.236. The van der Waals surface area contributed by atoms with Gasteiger partial charge in [-0.1, -0.05) is 26.0 Å². The summed E-state index contributed by atoms with van der Waals surface area (Å²) in [5.74, 6) is 2.05. The minimum atomic E-state index is 0.236. The summed E-state index contributed by atoms with van der Waals surface area (Å²) in [5, 5.41) is 18.1. The van der Waals surface area contributed by atoms with E-state index in [9.17, 15) is 5.11 Å². The van der Waals surface area contributed by atoms with Crippen LogP contribution >= 0.6 is 0 Å². The second-order valence-electron chi connectivity index (χ2n) is 7.45. The van der Waals surface area contributed by atoms with Gasteiger partial charge < -0.3 is 5.11 Å². The van der Waals surface area contributed by atoms with Gasteiger partial charge in [0.05, 0.1) is 11.4 Å². The summed E-state index contributed by atoms with van der Waals surface area (Å²) >= 11 is 0. The second-order valence-corrected chi connectivity index (χ2v) is 7.45. The molecule has 1 fully saturated rings. The van der Waals surface area contributed by atoms with Crippen LogP contribution in [0.4, 0.5) is 0 Å². The molecule has 3 atom stereocenters. The molecule has 4 heteroatoms. The average Bonchev–Trinajstić information content (AvgIpc) is 2.84. The zero-order valence-electron chi connectivity index (χ0n) is 12.3. The van der Waals surface area contributed by atoms with E-state index in [0.717, 1.165) is 31.2 Å². The highest BCUT2D eigenvalue weighted by Gasteiger charge is 2.49. The Hall–Kier alpha value is -0.900. The van der Waals surface area contributed by atoms with Crippen molar-refractivity contribution in [2.24, 2.45) is 23.2 Å². The largest absolute Gasteiger partial charge is 0.396 e. The molecule has 1 N–H and O–H groups in total. The number of aromatic nitrogens is 3. The van der Waals surface area contributed by atoms with Gasteiger partial charge in [-0.3, -0.25) is 0 Å². The number of hydrogen-bond acceptors (Lipinski definition) is 3. The maximum atomic E-state index is 9.36. The van der Waals surface area contributed by atoms with Crippen LogP contribution in [-0.2, 0) is 19.4 Å². The Bertz CT molecular complexity index is 460. The molecule has 0 bridgehead atoms. The minimum Gasteiger partial charge on any atom is -0.396 e. The van der Waals surface area contributed by atoms with E-state index < -0.39 is 0 Å². The summed E-state index contributed by atoms with van der Waals surface area (Å²) in [6.45, 7) is 8.02. The van der Waals surface area contributed by atoms with Crippen molar-refractivity contribution in [3.8, 4) is 0 Å². The molecule has 4 nitrogen and oxygen atoms in total. The summed E-state index contributed by atoms with van der Waals surface area (Å²) in [6, 6.07) is 0. The first-order chi connectivity index (χ1) is 8.99. The molecule has 0 spiro atoms. The topological polar surface area (TPSA) is 50.9 Å². The number of fused-ring (bicyclic) bond motifs is 2. The van der Waals surface area contributed by atoms with Gasteiger partial charge in [-0.25, -0.2) is 4.68 Å². The number of aryl methyl sites for hydroxylation is 1. The highest BCUT2D eigenvalue weighted by Crippen LogP contribution is 2.52. The molecule has 1 aromatic rings. The van der Waals surface area contributed by atoms with Crippen LogP contribution in [0.5, 0.6) is 0 Å². The predicted molar refractivity (Wildman–Crippen MR) is 73.7 cm³/mol. The lowest BCUT2D eigenvalue weighted by molar-refractivity contribution is 0.262. The number of aliphatic hydroxyl groups excluding tert-OH is 1. The fourth-order valence-electron chi connectivity index (χ4n) is 3.67. The fourth-order valence-corrected chi connectivity index (χ4v) is 3.67. The Morgan fingerprint density at radius 2 is 1.89 bits per heavy atom. The van der Waals surface area contributed by atoms with Gasteiger partial charge in [-0.05, 0) is 48.9 Å². The van der Waals surface area contributed by atoms with Crippen LogP contribution < -0.4 is 0 Å². The Kier molecular flexibility index (Phi) is 3.16. The molecule has 0 amide bonds. The summed E-state index contributed by atoms with van der Waals surface area (Å²) in [7, 11) is 0. The molecule has 106 valence electrons. The van der Waals surface area contributed by atoms with Crippen LogP contribution in [0.1, 0.15) is 45.0 Å². The average molecular weight is 263 g/mol. The van der Waals surface area contributed by atoms with Crippen molar-refractivity contribution in [1.82, 2.24) is 15.0 Å². The van der Waals surface area contributed by atoms with E-state index in [4.69, 9.17) is 0 Å². The third-order valence-electron chi connectivity index (χ3n) is 4.69. The van der Waals surface area contributed by atoms with Crippen LogP contribution in [0.25, 0.3) is 0 Å². The van der Waals surface area contributed by atoms with E-state index in [1.54, 1.807) is 0 Å². The normalized spacial score (nSPS) is 30.2. The lowest BCUT2D eigenvalue weighted by Gasteiger charge is -2.20. The lowest BCUT2D eigenvalue weighted by Crippen LogP contribution is -2.19. The SMILES string of the molecule is CC(C)(C)Cn1nnc2c1CC[C@H]1[C@@H](CO)[C@H]1CC2. The number of nitrogens with zero attached hydrogens (tertiary/aromatic N) is 3. The van der Waals surface area contributed by atoms with Crippen LogP contribution in [-0.4, -0.2) is 26.7 Å². The smallest absolute Gasteiger partial charge is 0.0859 e. The van der Waals surface area contributed by atoms with Crippen LogP contribution in [0.3, 0.4) is 0 Å². The van der Waals surface area contributed by atoms with Gasteiger partial charge in [0, 0.05) is 13.2 Å². The van der Waals surface area contributed by atoms with Gasteiger partial charge in [-0.2, -0.15) is 0 Å². The Labute approximate surface area is 115 Å². The molecule has 0 aliphatic heterocycles. The Morgan fingerprint density at radius 1 is 1.21 bits per heavy atom. The van der Waals surface area contributed by atoms with Crippen molar-refractivity contribution >= 4 is 0 Å². The standard InChI is InChI=1S/C15H25N3O/c1-15(2,3)9-18-14-7-5-11-10(12(11)8-19)4-6-13(14)16-17-18/h10-12,19H,4-9H2,1-3H3/t10-,11+,12-/m0/s1. The van der Waals surface area contributed by atoms with Gasteiger partial charge in [0.15, 0.2) is 0 Å². The van der Waals surface area contributed by atoms with Crippen molar-refractivity contribution in [2.45, 2.75) is 53.0 Å². The summed E-state index contributed by atoms with van der Waals surface area (Å²) in [4.78, 5) is 0. The van der Waals surface area contributed by atoms with E-state index in [1.807, 2.05) is 0 Å². The third kappa shape index (κ3) is 2.55. The molecule has 0 unspecified atom stereocenters. The third-order valence-corrected chi connectivity index (χ3v) is 4.69. The molecular weight excluding hydrogens is 238 g/mol. The summed E-state index contributed by atoms with van der Waals surface area (Å²) < 4.78 is 2.12. The van der Waals surface area contributed by atoms with E-state index >= 15 is 0 Å². The van der Waals surface area contributed by atoms with E-state index in [0.29, 0.717) is 12.5 Å². The van der Waals surface area contributed by atoms with E-state index in [1.165, 1.54) is 24.2 Å². The van der Waals surface area contributed by atoms with Crippen molar-refractivity contribution in [3.05, 3.63) is 11.4 Å². The molecule has 0 aromatic carbocycles. The number of aliphatic hydroxyl groups is 1. The summed E-state index contributed by atoms with van der Waals surface area (Å²) in [5.41, 5.74) is 2.78. The quantitative estimate of drug-likeness (QED) is 0.888. The number of rotatable bonds is 2. The van der Waals surface area contributed by atoms with Crippen molar-refractivity contribution < 1.29 is 5.11 Å². The van der Waals surface area contributed by atoms with Gasteiger partial charge in [0.2, 0.25) is 0 Å². The molecule has 0 radical (unpaired) electrons. The van der Waals surface area contributed by atoms with Gasteiger partial charge >= 0.3 is 0 Å². The summed E-state index contributed by atoms with van der Waals surface area (Å²) in [6.07, 6.45) is 4.49. The zero-order chi connectivity index (χ0) is 13.6. The first kappa shape index (κ1) is 13.1. The Morgan fingerprint density at radius 3 is 2.53 bits per heavy atom. The lowest BCUT2D eigenvalue weighted by atomic mass is 9.96. The second kappa shape index (κ2) is 4.58. The van der Waals surface area contributed by atoms with Gasteiger partial charge in [0.1, 0.15) is 0 Å². The molecular formula is C15H25N3O. The molecule has 1 heterocycles. The molecule has 2 aliphatic carbocycles.